The topological polar surface area (TPSA) is 67.0 Å². The van der Waals surface area contributed by atoms with Gasteiger partial charge in [0.05, 0.1) is 30.1 Å². The average molecular weight is 294 g/mol. The van der Waals surface area contributed by atoms with Crippen molar-refractivity contribution in [3.8, 4) is 0 Å². The van der Waals surface area contributed by atoms with Gasteiger partial charge in [-0.15, -0.1) is 0 Å². The molecule has 1 aliphatic heterocycles. The summed E-state index contributed by atoms with van der Waals surface area (Å²) in [6.07, 6.45) is 1.84. The van der Waals surface area contributed by atoms with Gasteiger partial charge in [0.25, 0.3) is 0 Å². The second kappa shape index (κ2) is 5.81. The highest BCUT2D eigenvalue weighted by Gasteiger charge is 2.21. The molecule has 2 N–H and O–H groups in total. The molecule has 2 heterocycles. The van der Waals surface area contributed by atoms with Gasteiger partial charge in [-0.2, -0.15) is 0 Å². The molecule has 0 spiro atoms. The minimum Gasteiger partial charge on any atom is -0.381 e. The van der Waals surface area contributed by atoms with Crippen molar-refractivity contribution in [2.45, 2.75) is 19.4 Å². The Bertz CT molecular complexity index is 620. The fraction of sp³-hybridized carbons (Fsp3) is 0.429. The molecular formula is C14H16ClN3O2. The normalized spacial score (nSPS) is 19.1. The first-order valence-corrected chi connectivity index (χ1v) is 7.10. The molecule has 1 unspecified atom stereocenters. The number of imidazole rings is 1. The Morgan fingerprint density at radius 3 is 3.25 bits per heavy atom. The molecule has 1 aliphatic rings. The van der Waals surface area contributed by atoms with Crippen molar-refractivity contribution in [3.63, 3.8) is 0 Å². The summed E-state index contributed by atoms with van der Waals surface area (Å²) >= 11 is 5.93. The maximum absolute atomic E-state index is 12.0. The van der Waals surface area contributed by atoms with Crippen molar-refractivity contribution in [2.24, 2.45) is 5.92 Å². The average Bonchev–Trinajstić information content (AvgIpc) is 2.87. The van der Waals surface area contributed by atoms with E-state index in [-0.39, 0.29) is 11.8 Å². The van der Waals surface area contributed by atoms with Crippen LogP contribution in [0.1, 0.15) is 18.7 Å². The van der Waals surface area contributed by atoms with Crippen molar-refractivity contribution < 1.29 is 9.53 Å². The third-order valence-corrected chi connectivity index (χ3v) is 3.69. The summed E-state index contributed by atoms with van der Waals surface area (Å²) in [7, 11) is 0. The summed E-state index contributed by atoms with van der Waals surface area (Å²) in [5.41, 5.74) is 1.72. The molecular weight excluding hydrogens is 278 g/mol. The van der Waals surface area contributed by atoms with Gasteiger partial charge in [0.1, 0.15) is 5.82 Å². The summed E-state index contributed by atoms with van der Waals surface area (Å²) in [6.45, 7) is 1.66. The van der Waals surface area contributed by atoms with Gasteiger partial charge in [-0.25, -0.2) is 4.98 Å². The van der Waals surface area contributed by atoms with Crippen LogP contribution in [0, 0.1) is 5.92 Å². The molecule has 1 saturated heterocycles. The number of nitrogens with one attached hydrogen (secondary N) is 2. The highest BCUT2D eigenvalue weighted by Crippen LogP contribution is 2.17. The Kier molecular flexibility index (Phi) is 3.89. The quantitative estimate of drug-likeness (QED) is 0.912. The minimum atomic E-state index is -0.0393. The number of amides is 1. The van der Waals surface area contributed by atoms with E-state index in [9.17, 15) is 4.79 Å². The standard InChI is InChI=1S/C14H16ClN3O2/c15-10-3-4-11-12(6-10)18-13(17-11)7-16-14(19)9-2-1-5-20-8-9/h3-4,6,9H,1-2,5,7-8H2,(H,16,19)(H,17,18). The van der Waals surface area contributed by atoms with Crippen LogP contribution in [0.3, 0.4) is 0 Å². The minimum absolute atomic E-state index is 0.0307. The largest absolute Gasteiger partial charge is 0.381 e. The molecule has 0 bridgehead atoms. The molecule has 0 radical (unpaired) electrons. The number of hydrogen-bond donors (Lipinski definition) is 2. The lowest BCUT2D eigenvalue weighted by Gasteiger charge is -2.20. The summed E-state index contributed by atoms with van der Waals surface area (Å²) in [5, 5.41) is 3.56. The molecule has 1 fully saturated rings. The van der Waals surface area contributed by atoms with Crippen molar-refractivity contribution in [1.82, 2.24) is 15.3 Å². The molecule has 0 aliphatic carbocycles. The number of carbonyl (C=O) groups is 1. The molecule has 2 aromatic rings. The lowest BCUT2D eigenvalue weighted by Crippen LogP contribution is -2.35. The van der Waals surface area contributed by atoms with Crippen molar-refractivity contribution in [1.29, 1.82) is 0 Å². The molecule has 0 saturated carbocycles. The highest BCUT2D eigenvalue weighted by atomic mass is 35.5. The third-order valence-electron chi connectivity index (χ3n) is 3.45. The van der Waals surface area contributed by atoms with Gasteiger partial charge in [-0.3, -0.25) is 4.79 Å². The van der Waals surface area contributed by atoms with Crippen LogP contribution in [0.15, 0.2) is 18.2 Å². The number of ether oxygens (including phenoxy) is 1. The zero-order chi connectivity index (χ0) is 13.9. The number of fused-ring (bicyclic) bond motifs is 1. The van der Waals surface area contributed by atoms with Gasteiger partial charge in [0.2, 0.25) is 5.91 Å². The van der Waals surface area contributed by atoms with E-state index >= 15 is 0 Å². The molecule has 1 aromatic heterocycles. The van der Waals surface area contributed by atoms with E-state index in [2.05, 4.69) is 15.3 Å². The van der Waals surface area contributed by atoms with Crippen molar-refractivity contribution in [2.75, 3.05) is 13.2 Å². The van der Waals surface area contributed by atoms with E-state index in [1.807, 2.05) is 12.1 Å². The number of H-pyrrole nitrogens is 1. The van der Waals surface area contributed by atoms with Gasteiger partial charge < -0.3 is 15.0 Å². The van der Waals surface area contributed by atoms with Crippen LogP contribution in [0.25, 0.3) is 11.0 Å². The summed E-state index contributed by atoms with van der Waals surface area (Å²) in [4.78, 5) is 19.6. The Morgan fingerprint density at radius 2 is 2.45 bits per heavy atom. The summed E-state index contributed by atoms with van der Waals surface area (Å²) < 4.78 is 5.32. The van der Waals surface area contributed by atoms with E-state index in [0.717, 1.165) is 36.3 Å². The predicted molar refractivity (Wildman–Crippen MR) is 76.5 cm³/mol. The number of hydrogen-bond acceptors (Lipinski definition) is 3. The fourth-order valence-electron chi connectivity index (χ4n) is 2.38. The summed E-state index contributed by atoms with van der Waals surface area (Å²) in [5.74, 6) is 0.720. The van der Waals surface area contributed by atoms with E-state index in [4.69, 9.17) is 16.3 Å². The Morgan fingerprint density at radius 1 is 1.55 bits per heavy atom. The maximum Gasteiger partial charge on any atom is 0.225 e. The first-order chi connectivity index (χ1) is 9.72. The zero-order valence-electron chi connectivity index (χ0n) is 11.0. The molecule has 1 amide bonds. The van der Waals surface area contributed by atoms with Gasteiger partial charge in [0.15, 0.2) is 0 Å². The molecule has 20 heavy (non-hydrogen) atoms. The third kappa shape index (κ3) is 2.94. The first-order valence-electron chi connectivity index (χ1n) is 6.72. The smallest absolute Gasteiger partial charge is 0.225 e. The number of carbonyl (C=O) groups excluding carboxylic acids is 1. The summed E-state index contributed by atoms with van der Waals surface area (Å²) in [6, 6.07) is 5.48. The molecule has 106 valence electrons. The lowest BCUT2D eigenvalue weighted by molar-refractivity contribution is -0.129. The van der Waals surface area contributed by atoms with E-state index in [0.29, 0.717) is 18.2 Å². The number of benzene rings is 1. The number of rotatable bonds is 3. The first kappa shape index (κ1) is 13.4. The second-order valence-electron chi connectivity index (χ2n) is 4.98. The van der Waals surface area contributed by atoms with Gasteiger partial charge in [-0.05, 0) is 31.0 Å². The molecule has 1 atom stereocenters. The molecule has 1 aromatic carbocycles. The SMILES string of the molecule is O=C(NCc1nc2ccc(Cl)cc2[nH]1)C1CCCOC1. The van der Waals surface area contributed by atoms with E-state index < -0.39 is 0 Å². The number of nitrogens with zero attached hydrogens (tertiary/aromatic N) is 1. The number of aromatic amines is 1. The zero-order valence-corrected chi connectivity index (χ0v) is 11.7. The van der Waals surface area contributed by atoms with Crippen LogP contribution in [-0.2, 0) is 16.1 Å². The van der Waals surface area contributed by atoms with Crippen LogP contribution in [-0.4, -0.2) is 29.1 Å². The van der Waals surface area contributed by atoms with Crippen LogP contribution in [0.5, 0.6) is 0 Å². The van der Waals surface area contributed by atoms with Gasteiger partial charge >= 0.3 is 0 Å². The maximum atomic E-state index is 12.0. The van der Waals surface area contributed by atoms with Crippen LogP contribution in [0.4, 0.5) is 0 Å². The lowest BCUT2D eigenvalue weighted by atomic mass is 10.0. The Hall–Kier alpha value is -1.59. The van der Waals surface area contributed by atoms with Gasteiger partial charge in [0, 0.05) is 11.6 Å². The Labute approximate surface area is 121 Å². The molecule has 6 heteroatoms. The van der Waals surface area contributed by atoms with Crippen LogP contribution >= 0.6 is 11.6 Å². The van der Waals surface area contributed by atoms with E-state index in [1.165, 1.54) is 0 Å². The predicted octanol–water partition coefficient (Wildman–Crippen LogP) is 2.26. The number of aromatic nitrogens is 2. The monoisotopic (exact) mass is 293 g/mol. The van der Waals surface area contributed by atoms with Crippen LogP contribution < -0.4 is 5.32 Å². The van der Waals surface area contributed by atoms with E-state index in [1.54, 1.807) is 6.07 Å². The molecule has 5 nitrogen and oxygen atoms in total. The van der Waals surface area contributed by atoms with Gasteiger partial charge in [-0.1, -0.05) is 11.6 Å². The Balaban J connectivity index is 1.63. The molecule has 3 rings (SSSR count). The number of halogens is 1. The highest BCUT2D eigenvalue weighted by molar-refractivity contribution is 6.31. The second-order valence-corrected chi connectivity index (χ2v) is 5.41. The fourth-order valence-corrected chi connectivity index (χ4v) is 2.55. The van der Waals surface area contributed by atoms with Crippen molar-refractivity contribution >= 4 is 28.5 Å². The van der Waals surface area contributed by atoms with Crippen molar-refractivity contribution in [3.05, 3.63) is 29.0 Å². The van der Waals surface area contributed by atoms with Crippen LogP contribution in [0.2, 0.25) is 5.02 Å².